The van der Waals surface area contributed by atoms with Crippen molar-refractivity contribution in [3.05, 3.63) is 34.6 Å². The first kappa shape index (κ1) is 14.1. The lowest BCUT2D eigenvalue weighted by Crippen LogP contribution is -2.27. The van der Waals surface area contributed by atoms with Crippen molar-refractivity contribution in [3.8, 4) is 0 Å². The van der Waals surface area contributed by atoms with Gasteiger partial charge < -0.3 is 10.1 Å². The Labute approximate surface area is 105 Å². The summed E-state index contributed by atoms with van der Waals surface area (Å²) in [5.41, 5.74) is 0.368. The highest BCUT2D eigenvalue weighted by Gasteiger charge is 2.08. The standard InChI is InChI=1S/C12H15ClFNO2/c1-17-5-4-15-8-11(16)6-9-2-3-10(13)7-12(9)14/h2-3,7,15H,4-6,8H2,1H3. The molecule has 0 aromatic heterocycles. The zero-order valence-corrected chi connectivity index (χ0v) is 10.4. The SMILES string of the molecule is COCCNCC(=O)Cc1ccc(Cl)cc1F. The van der Waals surface area contributed by atoms with Crippen molar-refractivity contribution in [2.45, 2.75) is 6.42 Å². The van der Waals surface area contributed by atoms with Crippen molar-refractivity contribution in [3.63, 3.8) is 0 Å². The first-order chi connectivity index (χ1) is 8.13. The minimum atomic E-state index is -0.442. The number of ketones is 1. The largest absolute Gasteiger partial charge is 0.383 e. The van der Waals surface area contributed by atoms with Crippen molar-refractivity contribution < 1.29 is 13.9 Å². The highest BCUT2D eigenvalue weighted by Crippen LogP contribution is 2.15. The first-order valence-corrected chi connectivity index (χ1v) is 5.66. The molecule has 0 bridgehead atoms. The average Bonchev–Trinajstić information content (AvgIpc) is 2.28. The van der Waals surface area contributed by atoms with Crippen LogP contribution in [0.3, 0.4) is 0 Å². The van der Waals surface area contributed by atoms with Gasteiger partial charge in [-0.25, -0.2) is 4.39 Å². The van der Waals surface area contributed by atoms with Crippen LogP contribution in [-0.4, -0.2) is 32.6 Å². The fourth-order valence-corrected chi connectivity index (χ4v) is 1.50. The highest BCUT2D eigenvalue weighted by molar-refractivity contribution is 6.30. The molecule has 17 heavy (non-hydrogen) atoms. The third kappa shape index (κ3) is 5.26. The van der Waals surface area contributed by atoms with E-state index in [4.69, 9.17) is 16.3 Å². The van der Waals surface area contributed by atoms with E-state index in [1.54, 1.807) is 13.2 Å². The van der Waals surface area contributed by atoms with Crippen LogP contribution in [-0.2, 0) is 16.0 Å². The molecule has 0 saturated carbocycles. The van der Waals surface area contributed by atoms with Gasteiger partial charge in [-0.2, -0.15) is 0 Å². The van der Waals surface area contributed by atoms with Gasteiger partial charge in [0.2, 0.25) is 0 Å². The number of hydrogen-bond acceptors (Lipinski definition) is 3. The van der Waals surface area contributed by atoms with Gasteiger partial charge in [-0.1, -0.05) is 17.7 Å². The van der Waals surface area contributed by atoms with Crippen molar-refractivity contribution in [2.24, 2.45) is 0 Å². The van der Waals surface area contributed by atoms with Crippen molar-refractivity contribution >= 4 is 17.4 Å². The Morgan fingerprint density at radius 2 is 2.29 bits per heavy atom. The van der Waals surface area contributed by atoms with Crippen LogP contribution in [0.1, 0.15) is 5.56 Å². The van der Waals surface area contributed by atoms with E-state index in [0.717, 1.165) is 0 Å². The van der Waals surface area contributed by atoms with Crippen LogP contribution in [0, 0.1) is 5.82 Å². The molecule has 0 spiro atoms. The number of Topliss-reactive ketones (excluding diaryl/α,β-unsaturated/α-hetero) is 1. The third-order valence-corrected chi connectivity index (χ3v) is 2.44. The molecular formula is C12H15ClFNO2. The monoisotopic (exact) mass is 259 g/mol. The lowest BCUT2D eigenvalue weighted by atomic mass is 10.1. The second-order valence-corrected chi connectivity index (χ2v) is 4.06. The lowest BCUT2D eigenvalue weighted by molar-refractivity contribution is -0.117. The summed E-state index contributed by atoms with van der Waals surface area (Å²) in [6, 6.07) is 4.32. The Hall–Kier alpha value is -0.970. The van der Waals surface area contributed by atoms with E-state index in [1.807, 2.05) is 0 Å². The van der Waals surface area contributed by atoms with Crippen LogP contribution in [0.4, 0.5) is 4.39 Å². The Bertz CT molecular complexity index is 385. The summed E-state index contributed by atoms with van der Waals surface area (Å²) in [6.45, 7) is 1.36. The summed E-state index contributed by atoms with van der Waals surface area (Å²) < 4.78 is 18.2. The molecule has 0 aliphatic heterocycles. The summed E-state index contributed by atoms with van der Waals surface area (Å²) >= 11 is 5.62. The smallest absolute Gasteiger partial charge is 0.151 e. The van der Waals surface area contributed by atoms with Crippen molar-refractivity contribution in [2.75, 3.05) is 26.8 Å². The van der Waals surface area contributed by atoms with Gasteiger partial charge in [-0.15, -0.1) is 0 Å². The zero-order chi connectivity index (χ0) is 12.7. The maximum Gasteiger partial charge on any atom is 0.151 e. The fourth-order valence-electron chi connectivity index (χ4n) is 1.34. The van der Waals surface area contributed by atoms with Gasteiger partial charge >= 0.3 is 0 Å². The van der Waals surface area contributed by atoms with E-state index < -0.39 is 5.82 Å². The molecule has 0 atom stereocenters. The number of methoxy groups -OCH3 is 1. The van der Waals surface area contributed by atoms with E-state index in [0.29, 0.717) is 23.7 Å². The van der Waals surface area contributed by atoms with Gasteiger partial charge in [0.05, 0.1) is 13.2 Å². The molecule has 0 unspecified atom stereocenters. The van der Waals surface area contributed by atoms with Crippen LogP contribution < -0.4 is 5.32 Å². The highest BCUT2D eigenvalue weighted by atomic mass is 35.5. The molecule has 0 heterocycles. The van der Waals surface area contributed by atoms with Crippen LogP contribution in [0.15, 0.2) is 18.2 Å². The fraction of sp³-hybridized carbons (Fsp3) is 0.417. The molecule has 0 saturated heterocycles. The normalized spacial score (nSPS) is 10.5. The summed E-state index contributed by atoms with van der Waals surface area (Å²) in [5, 5.41) is 3.24. The number of rotatable bonds is 7. The number of ether oxygens (including phenoxy) is 1. The maximum atomic E-state index is 13.4. The third-order valence-electron chi connectivity index (χ3n) is 2.21. The van der Waals surface area contributed by atoms with Gasteiger partial charge in [-0.05, 0) is 17.7 Å². The van der Waals surface area contributed by atoms with Crippen LogP contribution >= 0.6 is 11.6 Å². The molecule has 0 aliphatic carbocycles. The number of halogens is 2. The molecule has 1 aromatic rings. The Morgan fingerprint density at radius 3 is 2.94 bits per heavy atom. The van der Waals surface area contributed by atoms with E-state index in [-0.39, 0.29) is 18.7 Å². The predicted molar refractivity (Wildman–Crippen MR) is 64.9 cm³/mol. The second kappa shape index (κ2) is 7.37. The average molecular weight is 260 g/mol. The summed E-state index contributed by atoms with van der Waals surface area (Å²) in [7, 11) is 1.59. The Kier molecular flexibility index (Phi) is 6.11. The van der Waals surface area contributed by atoms with Gasteiger partial charge in [0.1, 0.15) is 5.82 Å². The summed E-state index contributed by atoms with van der Waals surface area (Å²) in [5.74, 6) is -0.509. The van der Waals surface area contributed by atoms with Gasteiger partial charge in [0, 0.05) is 25.1 Å². The molecule has 1 aromatic carbocycles. The van der Waals surface area contributed by atoms with E-state index in [2.05, 4.69) is 5.32 Å². The molecule has 3 nitrogen and oxygen atoms in total. The number of nitrogens with one attached hydrogen (secondary N) is 1. The molecule has 0 fully saturated rings. The van der Waals surface area contributed by atoms with E-state index >= 15 is 0 Å². The quantitative estimate of drug-likeness (QED) is 0.760. The number of carbonyl (C=O) groups excluding carboxylic acids is 1. The first-order valence-electron chi connectivity index (χ1n) is 5.28. The van der Waals surface area contributed by atoms with E-state index in [1.165, 1.54) is 12.1 Å². The minimum Gasteiger partial charge on any atom is -0.383 e. The zero-order valence-electron chi connectivity index (χ0n) is 9.63. The molecule has 1 N–H and O–H groups in total. The number of benzene rings is 1. The minimum absolute atomic E-state index is 0.0673. The molecule has 0 amide bonds. The van der Waals surface area contributed by atoms with Gasteiger partial charge in [0.15, 0.2) is 5.78 Å². The summed E-state index contributed by atoms with van der Waals surface area (Å²) in [4.78, 5) is 11.5. The van der Waals surface area contributed by atoms with Gasteiger partial charge in [-0.3, -0.25) is 4.79 Å². The van der Waals surface area contributed by atoms with Crippen LogP contribution in [0.2, 0.25) is 5.02 Å². The number of hydrogen-bond donors (Lipinski definition) is 1. The molecule has 0 aliphatic rings. The predicted octanol–water partition coefficient (Wildman–Crippen LogP) is 1.83. The topological polar surface area (TPSA) is 38.3 Å². The molecule has 5 heteroatoms. The maximum absolute atomic E-state index is 13.4. The number of carbonyl (C=O) groups is 1. The Morgan fingerprint density at radius 1 is 1.53 bits per heavy atom. The molecule has 1 rings (SSSR count). The Balaban J connectivity index is 2.40. The summed E-state index contributed by atoms with van der Waals surface area (Å²) in [6.07, 6.45) is 0.0724. The lowest BCUT2D eigenvalue weighted by Gasteiger charge is -2.05. The molecular weight excluding hydrogens is 245 g/mol. The molecule has 94 valence electrons. The van der Waals surface area contributed by atoms with Crippen molar-refractivity contribution in [1.29, 1.82) is 0 Å². The van der Waals surface area contributed by atoms with Crippen molar-refractivity contribution in [1.82, 2.24) is 5.32 Å². The molecule has 0 radical (unpaired) electrons. The van der Waals surface area contributed by atoms with E-state index in [9.17, 15) is 9.18 Å². The van der Waals surface area contributed by atoms with Gasteiger partial charge in [0.25, 0.3) is 0 Å². The van der Waals surface area contributed by atoms with Crippen LogP contribution in [0.25, 0.3) is 0 Å². The van der Waals surface area contributed by atoms with Crippen LogP contribution in [0.5, 0.6) is 0 Å². The second-order valence-electron chi connectivity index (χ2n) is 3.62.